The number of nitrogens with zero attached hydrogens (tertiary/aromatic N) is 1. The van der Waals surface area contributed by atoms with E-state index in [0.717, 1.165) is 19.4 Å². The normalized spacial score (nSPS) is 22.1. The minimum atomic E-state index is -0.211. The van der Waals surface area contributed by atoms with E-state index in [1.54, 1.807) is 4.90 Å². The largest absolute Gasteiger partial charge is 0.450 e. The summed E-state index contributed by atoms with van der Waals surface area (Å²) in [6.45, 7) is 6.41. The number of hydrogen-bond acceptors (Lipinski definition) is 3. The minimum Gasteiger partial charge on any atom is -0.450 e. The fourth-order valence-electron chi connectivity index (χ4n) is 1.69. The highest BCUT2D eigenvalue weighted by Crippen LogP contribution is 2.13. The molecule has 0 bridgehead atoms. The minimum absolute atomic E-state index is 0.193. The number of carbonyl (C=O) groups is 1. The molecule has 1 unspecified atom stereocenters. The van der Waals surface area contributed by atoms with Crippen LogP contribution in [0.2, 0.25) is 0 Å². The Bertz CT molecular complexity index is 182. The van der Waals surface area contributed by atoms with E-state index in [2.05, 4.69) is 0 Å². The Morgan fingerprint density at radius 2 is 2.21 bits per heavy atom. The first-order valence-corrected chi connectivity index (χ1v) is 5.31. The van der Waals surface area contributed by atoms with Crippen molar-refractivity contribution in [3.8, 4) is 0 Å². The summed E-state index contributed by atoms with van der Waals surface area (Å²) in [7, 11) is 0. The first-order chi connectivity index (χ1) is 6.77. The van der Waals surface area contributed by atoms with Crippen LogP contribution in [0.1, 0.15) is 26.7 Å². The molecule has 0 aromatic rings. The van der Waals surface area contributed by atoms with Gasteiger partial charge in [-0.25, -0.2) is 4.79 Å². The summed E-state index contributed by atoms with van der Waals surface area (Å²) in [6, 6.07) is 0. The number of carbonyl (C=O) groups excluding carboxylic acids is 1. The Kier molecular flexibility index (Phi) is 4.73. The predicted octanol–water partition coefficient (Wildman–Crippen LogP) is 1.64. The van der Waals surface area contributed by atoms with E-state index in [0.29, 0.717) is 19.8 Å². The van der Waals surface area contributed by atoms with Gasteiger partial charge in [-0.3, -0.25) is 0 Å². The molecule has 1 fully saturated rings. The molecule has 4 heteroatoms. The topological polar surface area (TPSA) is 38.8 Å². The molecule has 1 rings (SSSR count). The highest BCUT2D eigenvalue weighted by Gasteiger charge is 2.24. The number of rotatable bonds is 3. The van der Waals surface area contributed by atoms with Crippen LogP contribution < -0.4 is 0 Å². The first-order valence-electron chi connectivity index (χ1n) is 5.31. The van der Waals surface area contributed by atoms with E-state index < -0.39 is 0 Å². The Morgan fingerprint density at radius 3 is 2.86 bits per heavy atom. The van der Waals surface area contributed by atoms with Gasteiger partial charge in [0.1, 0.15) is 0 Å². The molecule has 0 aliphatic carbocycles. The average Bonchev–Trinajstić information content (AvgIpc) is 2.19. The maximum absolute atomic E-state index is 11.4. The second-order valence-corrected chi connectivity index (χ2v) is 3.36. The summed E-state index contributed by atoms with van der Waals surface area (Å²) < 4.78 is 10.4. The molecule has 1 aliphatic rings. The van der Waals surface area contributed by atoms with Crippen molar-refractivity contribution in [2.45, 2.75) is 32.8 Å². The van der Waals surface area contributed by atoms with Gasteiger partial charge in [-0.2, -0.15) is 0 Å². The number of hydrogen-bond donors (Lipinski definition) is 0. The van der Waals surface area contributed by atoms with Crippen LogP contribution in [-0.2, 0) is 9.47 Å². The second-order valence-electron chi connectivity index (χ2n) is 3.36. The summed E-state index contributed by atoms with van der Waals surface area (Å²) >= 11 is 0. The molecule has 14 heavy (non-hydrogen) atoms. The lowest BCUT2D eigenvalue weighted by Crippen LogP contribution is -2.43. The lowest BCUT2D eigenvalue weighted by molar-refractivity contribution is 0.00399. The van der Waals surface area contributed by atoms with E-state index in [1.807, 2.05) is 13.8 Å². The van der Waals surface area contributed by atoms with Crippen molar-refractivity contribution in [1.29, 1.82) is 0 Å². The van der Waals surface area contributed by atoms with Gasteiger partial charge in [-0.1, -0.05) is 0 Å². The number of ether oxygens (including phenoxy) is 2. The molecule has 0 aromatic carbocycles. The highest BCUT2D eigenvalue weighted by molar-refractivity contribution is 5.67. The molecule has 1 amide bonds. The van der Waals surface area contributed by atoms with Gasteiger partial charge in [0, 0.05) is 13.2 Å². The predicted molar refractivity (Wildman–Crippen MR) is 53.2 cm³/mol. The van der Waals surface area contributed by atoms with E-state index in [1.165, 1.54) is 0 Å². The monoisotopic (exact) mass is 201 g/mol. The van der Waals surface area contributed by atoms with Crippen LogP contribution in [0.4, 0.5) is 4.79 Å². The van der Waals surface area contributed by atoms with Crippen molar-refractivity contribution in [3.05, 3.63) is 0 Å². The van der Waals surface area contributed by atoms with E-state index in [4.69, 9.17) is 9.47 Å². The van der Waals surface area contributed by atoms with Crippen molar-refractivity contribution in [2.24, 2.45) is 0 Å². The van der Waals surface area contributed by atoms with Crippen LogP contribution in [0.25, 0.3) is 0 Å². The zero-order valence-electron chi connectivity index (χ0n) is 8.99. The molecule has 1 saturated heterocycles. The lowest BCUT2D eigenvalue weighted by atomic mass is 10.1. The van der Waals surface area contributed by atoms with Gasteiger partial charge in [0.05, 0.1) is 19.3 Å². The Morgan fingerprint density at radius 1 is 1.43 bits per heavy atom. The Balaban J connectivity index is 2.35. The fourth-order valence-corrected chi connectivity index (χ4v) is 1.69. The van der Waals surface area contributed by atoms with Gasteiger partial charge in [0.25, 0.3) is 0 Å². The van der Waals surface area contributed by atoms with Gasteiger partial charge in [0.2, 0.25) is 0 Å². The first kappa shape index (κ1) is 11.3. The van der Waals surface area contributed by atoms with Gasteiger partial charge in [0.15, 0.2) is 0 Å². The molecule has 1 heterocycles. The van der Waals surface area contributed by atoms with Crippen LogP contribution in [0.15, 0.2) is 0 Å². The highest BCUT2D eigenvalue weighted by atomic mass is 16.6. The zero-order chi connectivity index (χ0) is 10.4. The summed E-state index contributed by atoms with van der Waals surface area (Å²) in [6.07, 6.45) is 2.03. The van der Waals surface area contributed by atoms with E-state index in [9.17, 15) is 4.79 Å². The standard InChI is InChI=1S/C10H19NO3/c1-3-13-9-6-5-7-11(8-9)10(12)14-4-2/h9H,3-8H2,1-2H3. The molecular formula is C10H19NO3. The Labute approximate surface area is 85.2 Å². The summed E-state index contributed by atoms with van der Waals surface area (Å²) in [5.41, 5.74) is 0. The molecule has 1 aliphatic heterocycles. The van der Waals surface area contributed by atoms with Crippen molar-refractivity contribution in [3.63, 3.8) is 0 Å². The van der Waals surface area contributed by atoms with Crippen molar-refractivity contribution in [1.82, 2.24) is 4.90 Å². The average molecular weight is 201 g/mol. The van der Waals surface area contributed by atoms with E-state index in [-0.39, 0.29) is 12.2 Å². The number of likely N-dealkylation sites (tertiary alicyclic amines) is 1. The van der Waals surface area contributed by atoms with Crippen LogP contribution in [-0.4, -0.2) is 43.4 Å². The molecule has 0 radical (unpaired) electrons. The molecule has 82 valence electrons. The van der Waals surface area contributed by atoms with Gasteiger partial charge < -0.3 is 14.4 Å². The smallest absolute Gasteiger partial charge is 0.409 e. The summed E-state index contributed by atoms with van der Waals surface area (Å²) in [5.74, 6) is 0. The summed E-state index contributed by atoms with van der Waals surface area (Å²) in [5, 5.41) is 0. The second kappa shape index (κ2) is 5.86. The molecule has 0 saturated carbocycles. The molecule has 0 aromatic heterocycles. The number of piperidine rings is 1. The third kappa shape index (κ3) is 3.18. The maximum atomic E-state index is 11.4. The van der Waals surface area contributed by atoms with Crippen molar-refractivity contribution >= 4 is 6.09 Å². The maximum Gasteiger partial charge on any atom is 0.409 e. The number of amides is 1. The molecular weight excluding hydrogens is 182 g/mol. The molecule has 0 spiro atoms. The van der Waals surface area contributed by atoms with Gasteiger partial charge in [-0.05, 0) is 26.7 Å². The lowest BCUT2D eigenvalue weighted by Gasteiger charge is -2.31. The molecule has 4 nitrogen and oxygen atoms in total. The van der Waals surface area contributed by atoms with Crippen LogP contribution in [0, 0.1) is 0 Å². The summed E-state index contributed by atoms with van der Waals surface area (Å²) in [4.78, 5) is 13.1. The third-order valence-electron chi connectivity index (χ3n) is 2.31. The quantitative estimate of drug-likeness (QED) is 0.696. The SMILES string of the molecule is CCOC(=O)N1CCCC(OCC)C1. The zero-order valence-corrected chi connectivity index (χ0v) is 8.99. The molecule has 1 atom stereocenters. The van der Waals surface area contributed by atoms with Gasteiger partial charge >= 0.3 is 6.09 Å². The van der Waals surface area contributed by atoms with Crippen LogP contribution in [0.5, 0.6) is 0 Å². The Hall–Kier alpha value is -0.770. The van der Waals surface area contributed by atoms with Crippen LogP contribution in [0.3, 0.4) is 0 Å². The van der Waals surface area contributed by atoms with Crippen molar-refractivity contribution < 1.29 is 14.3 Å². The van der Waals surface area contributed by atoms with Crippen LogP contribution >= 0.6 is 0 Å². The van der Waals surface area contributed by atoms with Crippen molar-refractivity contribution in [2.75, 3.05) is 26.3 Å². The molecule has 0 N–H and O–H groups in total. The fraction of sp³-hybridized carbons (Fsp3) is 0.900. The van der Waals surface area contributed by atoms with E-state index >= 15 is 0 Å². The third-order valence-corrected chi connectivity index (χ3v) is 2.31. The van der Waals surface area contributed by atoms with Gasteiger partial charge in [-0.15, -0.1) is 0 Å².